The molecule has 6 heteroatoms. The minimum Gasteiger partial charge on any atom is -0.367 e. The van der Waals surface area contributed by atoms with Crippen molar-refractivity contribution in [1.29, 1.82) is 0 Å². The van der Waals surface area contributed by atoms with E-state index in [4.69, 9.17) is 0 Å². The number of H-pyrrole nitrogens is 1. The summed E-state index contributed by atoms with van der Waals surface area (Å²) < 4.78 is 5.57. The predicted octanol–water partition coefficient (Wildman–Crippen LogP) is 3.62. The van der Waals surface area contributed by atoms with Crippen molar-refractivity contribution in [2.45, 2.75) is 0 Å². The van der Waals surface area contributed by atoms with Gasteiger partial charge in [0.25, 0.3) is 5.91 Å². The molecule has 2 aromatic heterocycles. The topological polar surface area (TPSA) is 69.8 Å². The van der Waals surface area contributed by atoms with Crippen LogP contribution < -0.4 is 10.6 Å². The van der Waals surface area contributed by atoms with E-state index in [1.165, 1.54) is 11.5 Å². The van der Waals surface area contributed by atoms with Crippen molar-refractivity contribution in [2.24, 2.45) is 0 Å². The normalized spacial score (nSPS) is 11.0. The third-order valence-electron chi connectivity index (χ3n) is 3.86. The van der Waals surface area contributed by atoms with Gasteiger partial charge in [-0.05, 0) is 35.8 Å². The van der Waals surface area contributed by atoms with Gasteiger partial charge in [-0.1, -0.05) is 30.3 Å². The summed E-state index contributed by atoms with van der Waals surface area (Å²) in [4.78, 5) is 15.3. The molecule has 0 saturated carbocycles. The van der Waals surface area contributed by atoms with E-state index < -0.39 is 0 Å². The second-order valence-electron chi connectivity index (χ2n) is 5.48. The number of para-hydroxylation sites is 1. The van der Waals surface area contributed by atoms with E-state index in [0.29, 0.717) is 18.8 Å². The van der Waals surface area contributed by atoms with Crippen LogP contribution in [0.2, 0.25) is 0 Å². The number of benzene rings is 2. The van der Waals surface area contributed by atoms with E-state index in [9.17, 15) is 4.79 Å². The van der Waals surface area contributed by atoms with Gasteiger partial charge in [-0.15, -0.1) is 0 Å². The Kier molecular flexibility index (Phi) is 3.88. The average Bonchev–Trinajstić information content (AvgIpc) is 3.23. The van der Waals surface area contributed by atoms with Crippen molar-refractivity contribution in [1.82, 2.24) is 14.7 Å². The van der Waals surface area contributed by atoms with E-state index in [0.717, 1.165) is 26.8 Å². The van der Waals surface area contributed by atoms with Crippen LogP contribution in [0.5, 0.6) is 0 Å². The molecule has 4 aromatic rings. The van der Waals surface area contributed by atoms with Gasteiger partial charge in [0.2, 0.25) is 0 Å². The summed E-state index contributed by atoms with van der Waals surface area (Å²) in [5, 5.41) is 8.34. The maximum absolute atomic E-state index is 12.2. The fraction of sp³-hybridized carbons (Fsp3) is 0.111. The molecule has 0 aliphatic rings. The van der Waals surface area contributed by atoms with Gasteiger partial charge in [0.1, 0.15) is 11.5 Å². The largest absolute Gasteiger partial charge is 0.367 e. The van der Waals surface area contributed by atoms with Crippen LogP contribution in [0.1, 0.15) is 10.5 Å². The Balaban J connectivity index is 1.34. The highest BCUT2D eigenvalue weighted by molar-refractivity contribution is 7.13. The zero-order valence-electron chi connectivity index (χ0n) is 12.9. The molecule has 0 radical (unpaired) electrons. The van der Waals surface area contributed by atoms with Crippen LogP contribution >= 0.6 is 11.5 Å². The molecule has 1 amide bonds. The minimum absolute atomic E-state index is 0.101. The number of carbonyl (C=O) groups is 1. The lowest BCUT2D eigenvalue weighted by Crippen LogP contribution is -2.29. The van der Waals surface area contributed by atoms with Gasteiger partial charge < -0.3 is 15.6 Å². The standard InChI is InChI=1S/C18H16N4OS/c23-18(15-11-12-5-1-3-7-14(12)21-15)20-10-9-19-17-13-6-2-4-8-16(13)24-22-17/h1-8,11,21H,9-10H2,(H,19,22)(H,20,23). The maximum atomic E-state index is 12.2. The lowest BCUT2D eigenvalue weighted by atomic mass is 10.2. The maximum Gasteiger partial charge on any atom is 0.267 e. The molecule has 0 saturated heterocycles. The van der Waals surface area contributed by atoms with E-state index in [2.05, 4.69) is 26.1 Å². The van der Waals surface area contributed by atoms with Crippen molar-refractivity contribution >= 4 is 44.2 Å². The lowest BCUT2D eigenvalue weighted by molar-refractivity contribution is 0.0951. The Morgan fingerprint density at radius 2 is 1.92 bits per heavy atom. The monoisotopic (exact) mass is 336 g/mol. The number of nitrogens with one attached hydrogen (secondary N) is 3. The van der Waals surface area contributed by atoms with Crippen LogP contribution in [0.4, 0.5) is 5.82 Å². The number of fused-ring (bicyclic) bond motifs is 2. The summed E-state index contributed by atoms with van der Waals surface area (Å²) in [6.07, 6.45) is 0. The van der Waals surface area contributed by atoms with Crippen molar-refractivity contribution in [2.75, 3.05) is 18.4 Å². The van der Waals surface area contributed by atoms with E-state index in [1.54, 1.807) is 0 Å². The molecule has 0 atom stereocenters. The molecule has 2 aromatic carbocycles. The van der Waals surface area contributed by atoms with Gasteiger partial charge in [0.05, 0.1) is 4.70 Å². The van der Waals surface area contributed by atoms with E-state index >= 15 is 0 Å². The van der Waals surface area contributed by atoms with Gasteiger partial charge in [0, 0.05) is 29.4 Å². The zero-order chi connectivity index (χ0) is 16.4. The fourth-order valence-corrected chi connectivity index (χ4v) is 3.42. The first-order valence-electron chi connectivity index (χ1n) is 7.75. The lowest BCUT2D eigenvalue weighted by Gasteiger charge is -2.05. The van der Waals surface area contributed by atoms with Crippen LogP contribution in [0, 0.1) is 0 Å². The highest BCUT2D eigenvalue weighted by atomic mass is 32.1. The van der Waals surface area contributed by atoms with Gasteiger partial charge >= 0.3 is 0 Å². The van der Waals surface area contributed by atoms with Crippen LogP contribution in [0.15, 0.2) is 54.6 Å². The molecular formula is C18H16N4OS. The molecule has 0 fully saturated rings. The number of carbonyl (C=O) groups excluding carboxylic acids is 1. The summed E-state index contributed by atoms with van der Waals surface area (Å²) in [6.45, 7) is 1.15. The van der Waals surface area contributed by atoms with Crippen molar-refractivity contribution in [3.8, 4) is 0 Å². The summed E-state index contributed by atoms with van der Waals surface area (Å²) in [6, 6.07) is 17.8. The second kappa shape index (κ2) is 6.33. The molecule has 0 unspecified atom stereocenters. The van der Waals surface area contributed by atoms with Crippen molar-refractivity contribution in [3.05, 3.63) is 60.3 Å². The smallest absolute Gasteiger partial charge is 0.267 e. The van der Waals surface area contributed by atoms with Gasteiger partial charge in [-0.25, -0.2) is 0 Å². The van der Waals surface area contributed by atoms with Gasteiger partial charge in [-0.2, -0.15) is 4.37 Å². The number of amides is 1. The quantitative estimate of drug-likeness (QED) is 0.488. The Bertz CT molecular complexity index is 971. The Morgan fingerprint density at radius 1 is 1.08 bits per heavy atom. The molecule has 4 rings (SSSR count). The Morgan fingerprint density at radius 3 is 2.83 bits per heavy atom. The molecule has 0 spiro atoms. The number of anilines is 1. The average molecular weight is 336 g/mol. The zero-order valence-corrected chi connectivity index (χ0v) is 13.7. The fourth-order valence-electron chi connectivity index (χ4n) is 2.66. The van der Waals surface area contributed by atoms with Gasteiger partial charge in [0.15, 0.2) is 0 Å². The Labute approximate surface area is 142 Å². The number of hydrogen-bond donors (Lipinski definition) is 3. The van der Waals surface area contributed by atoms with Crippen molar-refractivity contribution in [3.63, 3.8) is 0 Å². The molecule has 24 heavy (non-hydrogen) atoms. The SMILES string of the molecule is O=C(NCCNc1nsc2ccccc12)c1cc2ccccc2[nH]1. The van der Waals surface area contributed by atoms with Gasteiger partial charge in [-0.3, -0.25) is 4.79 Å². The molecule has 2 heterocycles. The number of hydrogen-bond acceptors (Lipinski definition) is 4. The first-order chi connectivity index (χ1) is 11.8. The summed E-state index contributed by atoms with van der Waals surface area (Å²) in [5.74, 6) is 0.770. The minimum atomic E-state index is -0.101. The molecular weight excluding hydrogens is 320 g/mol. The Hall–Kier alpha value is -2.86. The number of aromatic nitrogens is 2. The highest BCUT2D eigenvalue weighted by Gasteiger charge is 2.09. The third kappa shape index (κ3) is 2.83. The van der Waals surface area contributed by atoms with E-state index in [-0.39, 0.29) is 5.91 Å². The number of nitrogens with zero attached hydrogens (tertiary/aromatic N) is 1. The van der Waals surface area contributed by atoms with Crippen LogP contribution in [0.3, 0.4) is 0 Å². The number of aromatic amines is 1. The first-order valence-corrected chi connectivity index (χ1v) is 8.53. The highest BCUT2D eigenvalue weighted by Crippen LogP contribution is 2.25. The molecule has 3 N–H and O–H groups in total. The summed E-state index contributed by atoms with van der Waals surface area (Å²) in [7, 11) is 0. The van der Waals surface area contributed by atoms with E-state index in [1.807, 2.05) is 48.5 Å². The third-order valence-corrected chi connectivity index (χ3v) is 4.68. The molecule has 120 valence electrons. The summed E-state index contributed by atoms with van der Waals surface area (Å²) >= 11 is 1.47. The molecule has 0 aliphatic heterocycles. The van der Waals surface area contributed by atoms with Crippen LogP contribution in [-0.4, -0.2) is 28.4 Å². The number of rotatable bonds is 5. The van der Waals surface area contributed by atoms with Crippen LogP contribution in [-0.2, 0) is 0 Å². The summed E-state index contributed by atoms with van der Waals surface area (Å²) in [5.41, 5.74) is 1.55. The van der Waals surface area contributed by atoms with Crippen LogP contribution in [0.25, 0.3) is 21.0 Å². The predicted molar refractivity (Wildman–Crippen MR) is 98.7 cm³/mol. The molecule has 5 nitrogen and oxygen atoms in total. The molecule has 0 aliphatic carbocycles. The molecule has 0 bridgehead atoms. The van der Waals surface area contributed by atoms with Crippen molar-refractivity contribution < 1.29 is 4.79 Å². The second-order valence-corrected chi connectivity index (χ2v) is 6.29. The first kappa shape index (κ1) is 14.7.